The summed E-state index contributed by atoms with van der Waals surface area (Å²) in [5, 5.41) is 15.0. The minimum Gasteiger partial charge on any atom is -0.385 e. The van der Waals surface area contributed by atoms with E-state index in [1.165, 1.54) is 12.8 Å². The first-order valence-corrected chi connectivity index (χ1v) is 8.62. The second-order valence-corrected chi connectivity index (χ2v) is 6.74. The van der Waals surface area contributed by atoms with Gasteiger partial charge in [0.1, 0.15) is 0 Å². The Morgan fingerprint density at radius 2 is 2.17 bits per heavy atom. The smallest absolute Gasteiger partial charge is 0.315 e. The maximum Gasteiger partial charge on any atom is 0.315 e. The van der Waals surface area contributed by atoms with Gasteiger partial charge in [-0.15, -0.1) is 0 Å². The zero-order valence-electron chi connectivity index (χ0n) is 14.6. The van der Waals surface area contributed by atoms with E-state index in [0.29, 0.717) is 12.1 Å². The average molecular weight is 329 g/mol. The third kappa shape index (κ3) is 4.97. The molecule has 0 spiro atoms. The van der Waals surface area contributed by atoms with Gasteiger partial charge >= 0.3 is 6.03 Å². The Morgan fingerprint density at radius 1 is 1.42 bits per heavy atom. The number of ether oxygens (including phenoxy) is 1. The molecule has 1 aromatic rings. The van der Waals surface area contributed by atoms with Gasteiger partial charge in [0.15, 0.2) is 0 Å². The zero-order valence-corrected chi connectivity index (χ0v) is 14.6. The highest BCUT2D eigenvalue weighted by atomic mass is 16.5. The molecule has 0 aliphatic heterocycles. The molecular weight excluding hydrogens is 302 g/mol. The number of amides is 2. The molecule has 0 unspecified atom stereocenters. The number of methoxy groups -OCH3 is 1. The Kier molecular flexibility index (Phi) is 6.62. The van der Waals surface area contributed by atoms with Crippen LogP contribution in [0.15, 0.2) is 24.3 Å². The van der Waals surface area contributed by atoms with Crippen LogP contribution < -0.4 is 10.6 Å². The Bertz CT molecular complexity index is 589. The van der Waals surface area contributed by atoms with Crippen molar-refractivity contribution < 1.29 is 9.53 Å². The summed E-state index contributed by atoms with van der Waals surface area (Å²) >= 11 is 0. The van der Waals surface area contributed by atoms with Crippen LogP contribution in [0.25, 0.3) is 0 Å². The number of rotatable bonds is 7. The molecule has 5 heteroatoms. The Labute approximate surface area is 144 Å². The molecule has 1 atom stereocenters. The van der Waals surface area contributed by atoms with Gasteiger partial charge in [-0.05, 0) is 49.3 Å². The van der Waals surface area contributed by atoms with E-state index in [9.17, 15) is 4.79 Å². The quantitative estimate of drug-likeness (QED) is 0.804. The lowest BCUT2D eigenvalue weighted by Crippen LogP contribution is -2.43. The second kappa shape index (κ2) is 8.70. The van der Waals surface area contributed by atoms with Crippen LogP contribution >= 0.6 is 0 Å². The van der Waals surface area contributed by atoms with E-state index in [4.69, 9.17) is 10.00 Å². The van der Waals surface area contributed by atoms with E-state index in [-0.39, 0.29) is 17.5 Å². The minimum absolute atomic E-state index is 0.142. The lowest BCUT2D eigenvalue weighted by atomic mass is 9.83. The summed E-state index contributed by atoms with van der Waals surface area (Å²) in [6.45, 7) is 3.35. The molecule has 1 aliphatic rings. The van der Waals surface area contributed by atoms with Gasteiger partial charge in [-0.2, -0.15) is 5.26 Å². The highest BCUT2D eigenvalue weighted by molar-refractivity contribution is 5.74. The second-order valence-electron chi connectivity index (χ2n) is 6.74. The number of hydrogen-bond acceptors (Lipinski definition) is 3. The minimum atomic E-state index is -0.159. The number of hydrogen-bond donors (Lipinski definition) is 2. The molecule has 2 rings (SSSR count). The summed E-state index contributed by atoms with van der Waals surface area (Å²) in [6.07, 6.45) is 5.74. The summed E-state index contributed by atoms with van der Waals surface area (Å²) in [5.74, 6) is 0. The fourth-order valence-corrected chi connectivity index (χ4v) is 3.44. The fourth-order valence-electron chi connectivity index (χ4n) is 3.44. The first-order valence-electron chi connectivity index (χ1n) is 8.62. The van der Waals surface area contributed by atoms with E-state index in [2.05, 4.69) is 16.7 Å². The van der Waals surface area contributed by atoms with E-state index in [0.717, 1.165) is 31.4 Å². The Balaban J connectivity index is 1.86. The molecule has 1 fully saturated rings. The topological polar surface area (TPSA) is 74.2 Å². The SMILES string of the molecule is COCCC1(CNC(=O)N[C@H](C)c2cccc(C#N)c2)CCCC1. The van der Waals surface area contributed by atoms with Crippen LogP contribution in [-0.2, 0) is 4.74 Å². The molecule has 24 heavy (non-hydrogen) atoms. The number of benzene rings is 1. The van der Waals surface area contributed by atoms with E-state index >= 15 is 0 Å². The average Bonchev–Trinajstić information content (AvgIpc) is 3.07. The van der Waals surface area contributed by atoms with Crippen molar-refractivity contribution in [3.8, 4) is 6.07 Å². The summed E-state index contributed by atoms with van der Waals surface area (Å²) in [4.78, 5) is 12.2. The first-order chi connectivity index (χ1) is 11.6. The third-order valence-electron chi connectivity index (χ3n) is 4.99. The van der Waals surface area contributed by atoms with Crippen LogP contribution in [0, 0.1) is 16.7 Å². The maximum absolute atomic E-state index is 12.2. The van der Waals surface area contributed by atoms with E-state index in [1.807, 2.05) is 25.1 Å². The molecule has 1 saturated carbocycles. The summed E-state index contributed by atoms with van der Waals surface area (Å²) < 4.78 is 5.23. The number of carbonyl (C=O) groups is 1. The van der Waals surface area contributed by atoms with Crippen molar-refractivity contribution in [1.82, 2.24) is 10.6 Å². The number of urea groups is 1. The van der Waals surface area contributed by atoms with Crippen LogP contribution in [0.5, 0.6) is 0 Å². The van der Waals surface area contributed by atoms with Crippen molar-refractivity contribution >= 4 is 6.03 Å². The molecule has 0 aromatic heterocycles. The number of nitrogens with zero attached hydrogens (tertiary/aromatic N) is 1. The van der Waals surface area contributed by atoms with Gasteiger partial charge in [-0.1, -0.05) is 25.0 Å². The Hall–Kier alpha value is -2.06. The largest absolute Gasteiger partial charge is 0.385 e. The summed E-state index contributed by atoms with van der Waals surface area (Å²) in [5.41, 5.74) is 1.71. The van der Waals surface area contributed by atoms with Gasteiger partial charge in [0.2, 0.25) is 0 Å². The van der Waals surface area contributed by atoms with Crippen LogP contribution in [0.4, 0.5) is 4.79 Å². The molecule has 0 heterocycles. The van der Waals surface area contributed by atoms with Gasteiger partial charge in [-0.3, -0.25) is 0 Å². The van der Waals surface area contributed by atoms with Gasteiger partial charge in [0.05, 0.1) is 17.7 Å². The highest BCUT2D eigenvalue weighted by Crippen LogP contribution is 2.40. The predicted molar refractivity (Wildman–Crippen MR) is 93.5 cm³/mol. The Morgan fingerprint density at radius 3 is 2.83 bits per heavy atom. The third-order valence-corrected chi connectivity index (χ3v) is 4.99. The molecule has 2 N–H and O–H groups in total. The molecule has 0 radical (unpaired) electrons. The van der Waals surface area contributed by atoms with Gasteiger partial charge < -0.3 is 15.4 Å². The van der Waals surface area contributed by atoms with Crippen molar-refractivity contribution in [2.24, 2.45) is 5.41 Å². The molecule has 5 nitrogen and oxygen atoms in total. The lowest BCUT2D eigenvalue weighted by molar-refractivity contribution is 0.135. The molecule has 0 saturated heterocycles. The van der Waals surface area contributed by atoms with Gasteiger partial charge in [0.25, 0.3) is 0 Å². The molecule has 1 aliphatic carbocycles. The predicted octanol–water partition coefficient (Wildman–Crippen LogP) is 3.52. The number of nitrogens with one attached hydrogen (secondary N) is 2. The lowest BCUT2D eigenvalue weighted by Gasteiger charge is -2.29. The van der Waals surface area contributed by atoms with Gasteiger partial charge in [-0.25, -0.2) is 4.79 Å². The van der Waals surface area contributed by atoms with Crippen molar-refractivity contribution in [1.29, 1.82) is 5.26 Å². The van der Waals surface area contributed by atoms with E-state index < -0.39 is 0 Å². The summed E-state index contributed by atoms with van der Waals surface area (Å²) in [6, 6.07) is 9.14. The van der Waals surface area contributed by atoms with Crippen LogP contribution in [0.1, 0.15) is 56.2 Å². The molecule has 2 amide bonds. The monoisotopic (exact) mass is 329 g/mol. The maximum atomic E-state index is 12.2. The van der Waals surface area contributed by atoms with Crippen LogP contribution in [0.2, 0.25) is 0 Å². The summed E-state index contributed by atoms with van der Waals surface area (Å²) in [7, 11) is 1.72. The fraction of sp³-hybridized carbons (Fsp3) is 0.579. The molecule has 0 bridgehead atoms. The van der Waals surface area contributed by atoms with Crippen molar-refractivity contribution in [2.45, 2.75) is 45.1 Å². The molecular formula is C19H27N3O2. The van der Waals surface area contributed by atoms with Crippen molar-refractivity contribution in [3.63, 3.8) is 0 Å². The first kappa shape index (κ1) is 18.3. The van der Waals surface area contributed by atoms with Crippen LogP contribution in [-0.4, -0.2) is 26.3 Å². The van der Waals surface area contributed by atoms with E-state index in [1.54, 1.807) is 13.2 Å². The number of carbonyl (C=O) groups excluding carboxylic acids is 1. The molecule has 1 aromatic carbocycles. The van der Waals surface area contributed by atoms with Crippen molar-refractivity contribution in [3.05, 3.63) is 35.4 Å². The van der Waals surface area contributed by atoms with Crippen molar-refractivity contribution in [2.75, 3.05) is 20.3 Å². The van der Waals surface area contributed by atoms with Gasteiger partial charge in [0, 0.05) is 20.3 Å². The van der Waals surface area contributed by atoms with Crippen LogP contribution in [0.3, 0.4) is 0 Å². The molecule has 130 valence electrons. The normalized spacial score (nSPS) is 17.0. The zero-order chi connectivity index (χ0) is 17.4. The standard InChI is InChI=1S/C19H27N3O2/c1-15(17-7-5-6-16(12-17)13-20)22-18(23)21-14-19(10-11-24-2)8-3-4-9-19/h5-7,12,15H,3-4,8-11,14H2,1-2H3,(H2,21,22,23)/t15-/m1/s1. The highest BCUT2D eigenvalue weighted by Gasteiger charge is 2.33. The number of nitriles is 1.